The molecule has 3 aromatic rings. The van der Waals surface area contributed by atoms with Crippen LogP contribution in [0, 0.1) is 25.5 Å². The SMILES string of the molecule is Cc1ccc(S(=O)(=O)n2cc(C)c3cc(F)cc(F)c32)cc1. The van der Waals surface area contributed by atoms with Crippen LogP contribution in [0.15, 0.2) is 47.5 Å². The van der Waals surface area contributed by atoms with Gasteiger partial charge in [-0.05, 0) is 37.6 Å². The molecule has 3 rings (SSSR count). The molecule has 0 N–H and O–H groups in total. The van der Waals surface area contributed by atoms with Gasteiger partial charge in [0.25, 0.3) is 10.0 Å². The van der Waals surface area contributed by atoms with E-state index >= 15 is 0 Å². The van der Waals surface area contributed by atoms with Gasteiger partial charge in [-0.2, -0.15) is 0 Å². The minimum absolute atomic E-state index is 0.0544. The maximum Gasteiger partial charge on any atom is 0.268 e. The van der Waals surface area contributed by atoms with E-state index in [1.165, 1.54) is 18.3 Å². The van der Waals surface area contributed by atoms with Gasteiger partial charge in [-0.1, -0.05) is 17.7 Å². The zero-order chi connectivity index (χ0) is 16.1. The Kier molecular flexibility index (Phi) is 3.29. The zero-order valence-corrected chi connectivity index (χ0v) is 12.8. The van der Waals surface area contributed by atoms with E-state index < -0.39 is 21.7 Å². The molecule has 0 atom stereocenters. The number of aryl methyl sites for hydroxylation is 2. The summed E-state index contributed by atoms with van der Waals surface area (Å²) in [6.45, 7) is 3.45. The minimum atomic E-state index is -3.94. The molecule has 1 aromatic heterocycles. The van der Waals surface area contributed by atoms with E-state index in [0.717, 1.165) is 15.6 Å². The topological polar surface area (TPSA) is 39.1 Å². The van der Waals surface area contributed by atoms with Crippen molar-refractivity contribution in [2.24, 2.45) is 0 Å². The van der Waals surface area contributed by atoms with E-state index in [1.54, 1.807) is 19.1 Å². The number of rotatable bonds is 2. The van der Waals surface area contributed by atoms with Gasteiger partial charge in [-0.15, -0.1) is 0 Å². The summed E-state index contributed by atoms with van der Waals surface area (Å²) in [5.74, 6) is -1.64. The highest BCUT2D eigenvalue weighted by Crippen LogP contribution is 2.28. The average molecular weight is 321 g/mol. The normalized spacial score (nSPS) is 12.0. The van der Waals surface area contributed by atoms with Gasteiger partial charge in [-0.25, -0.2) is 21.2 Å². The molecule has 0 bridgehead atoms. The van der Waals surface area contributed by atoms with Gasteiger partial charge in [0, 0.05) is 17.6 Å². The van der Waals surface area contributed by atoms with Crippen LogP contribution in [0.3, 0.4) is 0 Å². The maximum atomic E-state index is 14.1. The van der Waals surface area contributed by atoms with Crippen LogP contribution in [0.1, 0.15) is 11.1 Å². The molecule has 0 saturated carbocycles. The van der Waals surface area contributed by atoms with Crippen molar-refractivity contribution >= 4 is 20.9 Å². The van der Waals surface area contributed by atoms with Crippen LogP contribution in [0.5, 0.6) is 0 Å². The van der Waals surface area contributed by atoms with Crippen molar-refractivity contribution < 1.29 is 17.2 Å². The molecule has 6 heteroatoms. The number of nitrogens with zero attached hydrogens (tertiary/aromatic N) is 1. The first-order chi connectivity index (χ1) is 10.3. The highest BCUT2D eigenvalue weighted by atomic mass is 32.2. The summed E-state index contributed by atoms with van der Waals surface area (Å²) in [4.78, 5) is 0.0544. The lowest BCUT2D eigenvalue weighted by Gasteiger charge is -2.08. The van der Waals surface area contributed by atoms with Crippen molar-refractivity contribution in [2.75, 3.05) is 0 Å². The number of halogens is 2. The molecule has 0 fully saturated rings. The van der Waals surface area contributed by atoms with Crippen molar-refractivity contribution in [1.82, 2.24) is 3.97 Å². The summed E-state index contributed by atoms with van der Waals surface area (Å²) >= 11 is 0. The number of hydrogen-bond acceptors (Lipinski definition) is 2. The van der Waals surface area contributed by atoms with Gasteiger partial charge in [0.2, 0.25) is 0 Å². The Morgan fingerprint density at radius 3 is 2.27 bits per heavy atom. The van der Waals surface area contributed by atoms with Crippen molar-refractivity contribution in [3.05, 3.63) is 65.4 Å². The van der Waals surface area contributed by atoms with Gasteiger partial charge in [0.1, 0.15) is 11.3 Å². The molecule has 0 aliphatic heterocycles. The molecule has 1 heterocycles. The average Bonchev–Trinajstić information content (AvgIpc) is 2.78. The maximum absolute atomic E-state index is 14.1. The Morgan fingerprint density at radius 2 is 1.64 bits per heavy atom. The molecule has 3 nitrogen and oxygen atoms in total. The standard InChI is InChI=1S/C16H13F2NO2S/c1-10-3-5-13(6-4-10)22(20,21)19-9-11(2)14-7-12(17)8-15(18)16(14)19/h3-9H,1-2H3. The Hall–Kier alpha value is -2.21. The fourth-order valence-electron chi connectivity index (χ4n) is 2.41. The van der Waals surface area contributed by atoms with E-state index in [4.69, 9.17) is 0 Å². The second kappa shape index (κ2) is 4.91. The Labute approximate surface area is 126 Å². The summed E-state index contributed by atoms with van der Waals surface area (Å²) in [5.41, 5.74) is 1.27. The summed E-state index contributed by atoms with van der Waals surface area (Å²) in [6, 6.07) is 8.08. The largest absolute Gasteiger partial charge is 0.268 e. The molecule has 114 valence electrons. The van der Waals surface area contributed by atoms with Crippen LogP contribution < -0.4 is 0 Å². The monoisotopic (exact) mass is 321 g/mol. The van der Waals surface area contributed by atoms with Crippen LogP contribution in [-0.4, -0.2) is 12.4 Å². The first-order valence-corrected chi connectivity index (χ1v) is 8.03. The predicted molar refractivity (Wildman–Crippen MR) is 80.4 cm³/mol. The first kappa shape index (κ1) is 14.7. The summed E-state index contributed by atoms with van der Waals surface area (Å²) < 4.78 is 53.8. The Bertz CT molecular complexity index is 974. The van der Waals surface area contributed by atoms with Crippen LogP contribution in [0.4, 0.5) is 8.78 Å². The Balaban J connectivity index is 2.32. The second-order valence-corrected chi connectivity index (χ2v) is 7.02. The Morgan fingerprint density at radius 1 is 1.00 bits per heavy atom. The molecular formula is C16H13F2NO2S. The highest BCUT2D eigenvalue weighted by molar-refractivity contribution is 7.90. The first-order valence-electron chi connectivity index (χ1n) is 6.59. The molecular weight excluding hydrogens is 308 g/mol. The van der Waals surface area contributed by atoms with Gasteiger partial charge in [0.15, 0.2) is 5.82 Å². The van der Waals surface area contributed by atoms with E-state index in [-0.39, 0.29) is 15.8 Å². The van der Waals surface area contributed by atoms with Gasteiger partial charge >= 0.3 is 0 Å². The zero-order valence-electron chi connectivity index (χ0n) is 12.0. The van der Waals surface area contributed by atoms with Gasteiger partial charge < -0.3 is 0 Å². The van der Waals surface area contributed by atoms with Crippen LogP contribution in [-0.2, 0) is 10.0 Å². The lowest BCUT2D eigenvalue weighted by atomic mass is 10.2. The van der Waals surface area contributed by atoms with E-state index in [0.29, 0.717) is 11.6 Å². The van der Waals surface area contributed by atoms with E-state index in [1.807, 2.05) is 6.92 Å². The van der Waals surface area contributed by atoms with E-state index in [2.05, 4.69) is 0 Å². The highest BCUT2D eigenvalue weighted by Gasteiger charge is 2.22. The third-order valence-electron chi connectivity index (χ3n) is 3.56. The summed E-state index contributed by atoms with van der Waals surface area (Å²) in [7, 11) is -3.94. The lowest BCUT2D eigenvalue weighted by molar-refractivity contribution is 0.579. The van der Waals surface area contributed by atoms with Gasteiger partial charge in [-0.3, -0.25) is 0 Å². The van der Waals surface area contributed by atoms with Crippen molar-refractivity contribution in [2.45, 2.75) is 18.7 Å². The third kappa shape index (κ3) is 2.20. The fourth-order valence-corrected chi connectivity index (χ4v) is 3.84. The molecule has 0 aliphatic carbocycles. The molecule has 0 saturated heterocycles. The fraction of sp³-hybridized carbons (Fsp3) is 0.125. The van der Waals surface area contributed by atoms with Crippen molar-refractivity contribution in [1.29, 1.82) is 0 Å². The lowest BCUT2D eigenvalue weighted by Crippen LogP contribution is -2.12. The quantitative estimate of drug-likeness (QED) is 0.720. The molecule has 0 unspecified atom stereocenters. The smallest absolute Gasteiger partial charge is 0.238 e. The number of fused-ring (bicyclic) bond motifs is 1. The molecule has 22 heavy (non-hydrogen) atoms. The molecule has 0 spiro atoms. The van der Waals surface area contributed by atoms with Crippen LogP contribution >= 0.6 is 0 Å². The molecule has 0 radical (unpaired) electrons. The van der Waals surface area contributed by atoms with Gasteiger partial charge in [0.05, 0.1) is 4.90 Å². The van der Waals surface area contributed by atoms with Crippen LogP contribution in [0.2, 0.25) is 0 Å². The summed E-state index contributed by atoms with van der Waals surface area (Å²) in [6.07, 6.45) is 1.31. The van der Waals surface area contributed by atoms with E-state index in [9.17, 15) is 17.2 Å². The predicted octanol–water partition coefficient (Wildman–Crippen LogP) is 3.77. The van der Waals surface area contributed by atoms with Crippen LogP contribution in [0.25, 0.3) is 10.9 Å². The summed E-state index contributed by atoms with van der Waals surface area (Å²) in [5, 5.41) is 0.244. The number of aromatic nitrogens is 1. The number of benzene rings is 2. The molecule has 0 aliphatic rings. The third-order valence-corrected chi connectivity index (χ3v) is 5.24. The van der Waals surface area contributed by atoms with Crippen molar-refractivity contribution in [3.8, 4) is 0 Å². The molecule has 0 amide bonds. The number of hydrogen-bond donors (Lipinski definition) is 0. The minimum Gasteiger partial charge on any atom is -0.238 e. The second-order valence-electron chi connectivity index (χ2n) is 5.21. The van der Waals surface area contributed by atoms with Crippen molar-refractivity contribution in [3.63, 3.8) is 0 Å². The molecule has 2 aromatic carbocycles.